The van der Waals surface area contributed by atoms with Crippen molar-refractivity contribution in [1.82, 2.24) is 14.1 Å². The van der Waals surface area contributed by atoms with Crippen LogP contribution in [0.4, 0.5) is 0 Å². The molecule has 1 amide bonds. The molecule has 3 aromatic rings. The van der Waals surface area contributed by atoms with Crippen LogP contribution in [0, 0.1) is 5.92 Å². The molecule has 0 saturated carbocycles. The van der Waals surface area contributed by atoms with E-state index >= 15 is 0 Å². The molecule has 7 heteroatoms. The Bertz CT molecular complexity index is 1210. The van der Waals surface area contributed by atoms with Crippen LogP contribution in [0.5, 0.6) is 0 Å². The van der Waals surface area contributed by atoms with Gasteiger partial charge in [0, 0.05) is 45.2 Å². The molecular formula is C30H35N3O3S. The van der Waals surface area contributed by atoms with Gasteiger partial charge in [0.1, 0.15) is 0 Å². The van der Waals surface area contributed by atoms with E-state index in [4.69, 9.17) is 0 Å². The summed E-state index contributed by atoms with van der Waals surface area (Å²) in [7, 11) is -3.38. The Morgan fingerprint density at radius 2 is 1.19 bits per heavy atom. The second-order valence-electron chi connectivity index (χ2n) is 10.0. The van der Waals surface area contributed by atoms with Crippen LogP contribution in [-0.4, -0.2) is 67.7 Å². The lowest BCUT2D eigenvalue weighted by molar-refractivity contribution is -0.138. The number of sulfonamides is 1. The average molecular weight is 518 g/mol. The average Bonchev–Trinajstić information content (AvgIpc) is 2.95. The van der Waals surface area contributed by atoms with Gasteiger partial charge >= 0.3 is 0 Å². The molecule has 0 unspecified atom stereocenters. The highest BCUT2D eigenvalue weighted by Gasteiger charge is 2.35. The lowest BCUT2D eigenvalue weighted by Crippen LogP contribution is -2.52. The van der Waals surface area contributed by atoms with E-state index in [-0.39, 0.29) is 23.6 Å². The van der Waals surface area contributed by atoms with E-state index in [9.17, 15) is 13.2 Å². The molecule has 0 spiro atoms. The van der Waals surface area contributed by atoms with Crippen LogP contribution in [0.3, 0.4) is 0 Å². The van der Waals surface area contributed by atoms with Gasteiger partial charge in [-0.15, -0.1) is 0 Å². The van der Waals surface area contributed by atoms with Gasteiger partial charge in [-0.05, 0) is 29.5 Å². The summed E-state index contributed by atoms with van der Waals surface area (Å²) in [6.45, 7) is 3.84. The van der Waals surface area contributed by atoms with Gasteiger partial charge in [0.05, 0.1) is 11.8 Å². The first kappa shape index (κ1) is 25.6. The molecule has 5 rings (SSSR count). The summed E-state index contributed by atoms with van der Waals surface area (Å²) in [6, 6.07) is 30.6. The Labute approximate surface area is 220 Å². The fourth-order valence-electron chi connectivity index (χ4n) is 5.60. The normalized spacial score (nSPS) is 18.2. The maximum Gasteiger partial charge on any atom is 0.225 e. The van der Waals surface area contributed by atoms with Crippen molar-refractivity contribution < 1.29 is 13.2 Å². The summed E-state index contributed by atoms with van der Waals surface area (Å²) in [4.78, 5) is 17.8. The van der Waals surface area contributed by atoms with Gasteiger partial charge in [0.15, 0.2) is 0 Å². The van der Waals surface area contributed by atoms with Crippen molar-refractivity contribution in [1.29, 1.82) is 0 Å². The molecule has 2 aliphatic heterocycles. The Balaban J connectivity index is 1.17. The molecule has 0 N–H and O–H groups in total. The van der Waals surface area contributed by atoms with Gasteiger partial charge in [0.25, 0.3) is 0 Å². The van der Waals surface area contributed by atoms with E-state index in [1.54, 1.807) is 4.31 Å². The van der Waals surface area contributed by atoms with Crippen LogP contribution >= 0.6 is 0 Å². The summed E-state index contributed by atoms with van der Waals surface area (Å²) in [6.07, 6.45) is 1.17. The van der Waals surface area contributed by atoms with Gasteiger partial charge in [-0.3, -0.25) is 9.69 Å². The molecule has 37 heavy (non-hydrogen) atoms. The molecule has 2 aliphatic rings. The van der Waals surface area contributed by atoms with Gasteiger partial charge in [0.2, 0.25) is 15.9 Å². The Kier molecular flexibility index (Phi) is 8.03. The predicted octanol–water partition coefficient (Wildman–Crippen LogP) is 4.16. The SMILES string of the molecule is O=C(C1CCN(S(=O)(=O)Cc2ccccc2)CC1)N1CCN(C(c2ccccc2)c2ccccc2)CC1. The van der Waals surface area contributed by atoms with E-state index < -0.39 is 10.0 Å². The van der Waals surface area contributed by atoms with Crippen molar-refractivity contribution in [2.75, 3.05) is 39.3 Å². The molecule has 6 nitrogen and oxygen atoms in total. The third-order valence-corrected chi connectivity index (χ3v) is 9.46. The van der Waals surface area contributed by atoms with Crippen molar-refractivity contribution in [2.45, 2.75) is 24.6 Å². The largest absolute Gasteiger partial charge is 0.340 e. The Morgan fingerprint density at radius 3 is 1.70 bits per heavy atom. The highest BCUT2D eigenvalue weighted by Crippen LogP contribution is 2.30. The molecule has 0 aromatic heterocycles. The summed E-state index contributed by atoms with van der Waals surface area (Å²) >= 11 is 0. The van der Waals surface area contributed by atoms with Crippen LogP contribution in [0.15, 0.2) is 91.0 Å². The molecule has 2 fully saturated rings. The monoisotopic (exact) mass is 517 g/mol. The fraction of sp³-hybridized carbons (Fsp3) is 0.367. The van der Waals surface area contributed by atoms with Crippen molar-refractivity contribution in [3.63, 3.8) is 0 Å². The molecular weight excluding hydrogens is 482 g/mol. The molecule has 194 valence electrons. The summed E-state index contributed by atoms with van der Waals surface area (Å²) < 4.78 is 27.3. The second kappa shape index (κ2) is 11.6. The van der Waals surface area contributed by atoms with Crippen molar-refractivity contribution >= 4 is 15.9 Å². The topological polar surface area (TPSA) is 60.9 Å². The number of nitrogens with zero attached hydrogens (tertiary/aromatic N) is 3. The van der Waals surface area contributed by atoms with Crippen molar-refractivity contribution in [3.8, 4) is 0 Å². The first-order chi connectivity index (χ1) is 18.0. The predicted molar refractivity (Wildman–Crippen MR) is 146 cm³/mol. The van der Waals surface area contributed by atoms with Crippen molar-refractivity contribution in [3.05, 3.63) is 108 Å². The van der Waals surface area contributed by atoms with Gasteiger partial charge in [-0.1, -0.05) is 91.0 Å². The lowest BCUT2D eigenvalue weighted by Gasteiger charge is -2.41. The van der Waals surface area contributed by atoms with Crippen LogP contribution < -0.4 is 0 Å². The van der Waals surface area contributed by atoms with Gasteiger partial charge in [-0.2, -0.15) is 0 Å². The zero-order valence-corrected chi connectivity index (χ0v) is 22.0. The maximum absolute atomic E-state index is 13.4. The summed E-state index contributed by atoms with van der Waals surface area (Å²) in [5, 5.41) is 0. The Morgan fingerprint density at radius 1 is 0.703 bits per heavy atom. The number of rotatable bonds is 7. The molecule has 3 aromatic carbocycles. The number of benzene rings is 3. The molecule has 0 atom stereocenters. The number of amides is 1. The number of hydrogen-bond acceptors (Lipinski definition) is 4. The third-order valence-electron chi connectivity index (χ3n) is 7.61. The summed E-state index contributed by atoms with van der Waals surface area (Å²) in [5.41, 5.74) is 3.32. The van der Waals surface area contributed by atoms with Gasteiger partial charge in [-0.25, -0.2) is 12.7 Å². The maximum atomic E-state index is 13.4. The van der Waals surface area contributed by atoms with Crippen LogP contribution in [0.2, 0.25) is 0 Å². The van der Waals surface area contributed by atoms with Gasteiger partial charge < -0.3 is 4.90 Å². The van der Waals surface area contributed by atoms with E-state index in [1.165, 1.54) is 11.1 Å². The lowest BCUT2D eigenvalue weighted by atomic mass is 9.95. The smallest absolute Gasteiger partial charge is 0.225 e. The van der Waals surface area contributed by atoms with Crippen molar-refractivity contribution in [2.24, 2.45) is 5.92 Å². The number of carbonyl (C=O) groups excluding carboxylic acids is 1. The van der Waals surface area contributed by atoms with E-state index in [1.807, 2.05) is 47.4 Å². The quantitative estimate of drug-likeness (QED) is 0.472. The molecule has 0 radical (unpaired) electrons. The third kappa shape index (κ3) is 6.12. The van der Waals surface area contributed by atoms with E-state index in [0.717, 1.165) is 18.7 Å². The highest BCUT2D eigenvalue weighted by molar-refractivity contribution is 7.88. The zero-order valence-electron chi connectivity index (χ0n) is 21.2. The number of piperidine rings is 1. The number of piperazine rings is 1. The fourth-order valence-corrected chi connectivity index (χ4v) is 7.16. The second-order valence-corrected chi connectivity index (χ2v) is 12.0. The van der Waals surface area contributed by atoms with Crippen LogP contribution in [0.1, 0.15) is 35.6 Å². The van der Waals surface area contributed by atoms with E-state index in [2.05, 4.69) is 53.4 Å². The first-order valence-corrected chi connectivity index (χ1v) is 14.8. The summed E-state index contributed by atoms with van der Waals surface area (Å²) in [5.74, 6) is 0.0859. The minimum absolute atomic E-state index is 0.0123. The highest BCUT2D eigenvalue weighted by atomic mass is 32.2. The first-order valence-electron chi connectivity index (χ1n) is 13.2. The number of carbonyl (C=O) groups is 1. The molecule has 2 saturated heterocycles. The Hall–Kier alpha value is -3.00. The van der Waals surface area contributed by atoms with E-state index in [0.29, 0.717) is 39.0 Å². The van der Waals surface area contributed by atoms with Crippen LogP contribution in [0.25, 0.3) is 0 Å². The number of hydrogen-bond donors (Lipinski definition) is 0. The molecule has 0 aliphatic carbocycles. The van der Waals surface area contributed by atoms with Crippen LogP contribution in [-0.2, 0) is 20.6 Å². The molecule has 0 bridgehead atoms. The zero-order chi connectivity index (χ0) is 25.7. The standard InChI is InChI=1S/C30H35N3O3S/c34-30(28-16-18-33(19-17-28)37(35,36)24-25-10-4-1-5-11-25)32-22-20-31(21-23-32)29(26-12-6-2-7-13-26)27-14-8-3-9-15-27/h1-15,28-29H,16-24H2. The molecule has 2 heterocycles. The minimum Gasteiger partial charge on any atom is -0.340 e. The minimum atomic E-state index is -3.38.